The number of aryl methyl sites for hydroxylation is 1. The van der Waals surface area contributed by atoms with Crippen molar-refractivity contribution in [1.82, 2.24) is 4.98 Å². The number of thiazole rings is 1. The van der Waals surface area contributed by atoms with Gasteiger partial charge < -0.3 is 14.6 Å². The molecule has 1 aromatic carbocycles. The van der Waals surface area contributed by atoms with Gasteiger partial charge >= 0.3 is 0 Å². The van der Waals surface area contributed by atoms with Crippen LogP contribution in [0.25, 0.3) is 10.6 Å². The van der Waals surface area contributed by atoms with Gasteiger partial charge in [0.25, 0.3) is 0 Å². The summed E-state index contributed by atoms with van der Waals surface area (Å²) in [6.07, 6.45) is 1.57. The van der Waals surface area contributed by atoms with Gasteiger partial charge in [-0.05, 0) is 31.0 Å². The first kappa shape index (κ1) is 11.5. The molecule has 1 aromatic heterocycles. The zero-order chi connectivity index (χ0) is 12.4. The Kier molecular flexibility index (Phi) is 3.17. The lowest BCUT2D eigenvalue weighted by Gasteiger charge is -1.99. The predicted molar refractivity (Wildman–Crippen MR) is 69.1 cm³/mol. The Balaban J connectivity index is 1.83. The van der Waals surface area contributed by atoms with Gasteiger partial charge in [-0.2, -0.15) is 0 Å². The van der Waals surface area contributed by atoms with E-state index >= 15 is 0 Å². The highest BCUT2D eigenvalue weighted by molar-refractivity contribution is 7.13. The Morgan fingerprint density at radius 3 is 3.06 bits per heavy atom. The topological polar surface area (TPSA) is 51.6 Å². The molecule has 0 spiro atoms. The molecule has 0 radical (unpaired) electrons. The molecule has 0 atom stereocenters. The van der Waals surface area contributed by atoms with Crippen LogP contribution in [0.1, 0.15) is 12.1 Å². The molecule has 2 heterocycles. The largest absolute Gasteiger partial charge is 0.454 e. The maximum absolute atomic E-state index is 8.80. The molecule has 0 amide bonds. The number of benzene rings is 1. The van der Waals surface area contributed by atoms with Crippen molar-refractivity contribution in [3.8, 4) is 22.1 Å². The molecule has 1 aliphatic rings. The highest BCUT2D eigenvalue weighted by Crippen LogP contribution is 2.36. The fourth-order valence-corrected chi connectivity index (χ4v) is 2.70. The van der Waals surface area contributed by atoms with Crippen LogP contribution < -0.4 is 9.47 Å². The molecule has 1 aliphatic heterocycles. The summed E-state index contributed by atoms with van der Waals surface area (Å²) >= 11 is 1.61. The molecule has 94 valence electrons. The Bertz CT molecular complexity index is 553. The van der Waals surface area contributed by atoms with Gasteiger partial charge in [-0.15, -0.1) is 11.3 Å². The highest BCUT2D eigenvalue weighted by Gasteiger charge is 2.15. The van der Waals surface area contributed by atoms with Gasteiger partial charge in [0.2, 0.25) is 6.79 Å². The van der Waals surface area contributed by atoms with Crippen LogP contribution in [0, 0.1) is 0 Å². The van der Waals surface area contributed by atoms with Crippen molar-refractivity contribution >= 4 is 11.3 Å². The molecule has 0 saturated carbocycles. The molecule has 5 heteroatoms. The fourth-order valence-electron chi connectivity index (χ4n) is 1.84. The number of hydrogen-bond acceptors (Lipinski definition) is 5. The van der Waals surface area contributed by atoms with E-state index in [-0.39, 0.29) is 6.61 Å². The van der Waals surface area contributed by atoms with E-state index in [4.69, 9.17) is 14.6 Å². The maximum Gasteiger partial charge on any atom is 0.231 e. The fraction of sp³-hybridized carbons (Fsp3) is 0.308. The summed E-state index contributed by atoms with van der Waals surface area (Å²) in [5, 5.41) is 11.8. The average Bonchev–Trinajstić information content (AvgIpc) is 3.04. The van der Waals surface area contributed by atoms with Crippen molar-refractivity contribution in [2.45, 2.75) is 12.8 Å². The number of aliphatic hydroxyl groups is 1. The third-order valence-electron chi connectivity index (χ3n) is 2.76. The first-order chi connectivity index (χ1) is 8.86. The lowest BCUT2D eigenvalue weighted by Crippen LogP contribution is -1.92. The summed E-state index contributed by atoms with van der Waals surface area (Å²) in [6, 6.07) is 5.85. The van der Waals surface area contributed by atoms with Gasteiger partial charge in [-0.3, -0.25) is 0 Å². The van der Waals surface area contributed by atoms with E-state index in [2.05, 4.69) is 4.98 Å². The highest BCUT2D eigenvalue weighted by atomic mass is 32.1. The molecule has 18 heavy (non-hydrogen) atoms. The lowest BCUT2D eigenvalue weighted by atomic mass is 10.2. The average molecular weight is 263 g/mol. The van der Waals surface area contributed by atoms with Gasteiger partial charge in [0, 0.05) is 17.6 Å². The van der Waals surface area contributed by atoms with Crippen LogP contribution in [0.5, 0.6) is 11.5 Å². The quantitative estimate of drug-likeness (QED) is 0.920. The summed E-state index contributed by atoms with van der Waals surface area (Å²) in [4.78, 5) is 4.55. The summed E-state index contributed by atoms with van der Waals surface area (Å²) in [5.74, 6) is 1.57. The van der Waals surface area contributed by atoms with E-state index in [1.807, 2.05) is 23.6 Å². The number of aliphatic hydroxyl groups excluding tert-OH is 1. The molecule has 0 bridgehead atoms. The van der Waals surface area contributed by atoms with Crippen molar-refractivity contribution in [1.29, 1.82) is 0 Å². The van der Waals surface area contributed by atoms with Crippen molar-refractivity contribution in [3.63, 3.8) is 0 Å². The monoisotopic (exact) mass is 263 g/mol. The molecule has 4 nitrogen and oxygen atoms in total. The Morgan fingerprint density at radius 2 is 2.17 bits per heavy atom. The number of aromatic nitrogens is 1. The minimum atomic E-state index is 0.205. The Hall–Kier alpha value is -1.59. The predicted octanol–water partition coefficient (Wildman–Crippen LogP) is 2.46. The first-order valence-electron chi connectivity index (χ1n) is 5.82. The minimum absolute atomic E-state index is 0.205. The molecule has 3 rings (SSSR count). The van der Waals surface area contributed by atoms with Crippen molar-refractivity contribution in [2.75, 3.05) is 13.4 Å². The van der Waals surface area contributed by atoms with Gasteiger partial charge in [-0.1, -0.05) is 0 Å². The second-order valence-electron chi connectivity index (χ2n) is 4.04. The molecule has 0 fully saturated rings. The third-order valence-corrected chi connectivity index (χ3v) is 3.70. The zero-order valence-electron chi connectivity index (χ0n) is 9.76. The van der Waals surface area contributed by atoms with Crippen molar-refractivity contribution in [3.05, 3.63) is 29.3 Å². The molecule has 2 aromatic rings. The molecular weight excluding hydrogens is 250 g/mol. The summed E-state index contributed by atoms with van der Waals surface area (Å²) in [7, 11) is 0. The van der Waals surface area contributed by atoms with Crippen LogP contribution in [-0.4, -0.2) is 23.5 Å². The van der Waals surface area contributed by atoms with Crippen LogP contribution in [0.3, 0.4) is 0 Å². The van der Waals surface area contributed by atoms with Crippen molar-refractivity contribution < 1.29 is 14.6 Å². The van der Waals surface area contributed by atoms with E-state index in [0.717, 1.165) is 40.6 Å². The Labute approximate surface area is 109 Å². The van der Waals surface area contributed by atoms with E-state index in [1.54, 1.807) is 11.3 Å². The van der Waals surface area contributed by atoms with E-state index in [9.17, 15) is 0 Å². The van der Waals surface area contributed by atoms with Gasteiger partial charge in [0.1, 0.15) is 5.01 Å². The molecule has 0 unspecified atom stereocenters. The smallest absolute Gasteiger partial charge is 0.231 e. The lowest BCUT2D eigenvalue weighted by molar-refractivity contribution is 0.174. The number of nitrogens with zero attached hydrogens (tertiary/aromatic N) is 1. The number of ether oxygens (including phenoxy) is 2. The number of fused-ring (bicyclic) bond motifs is 1. The van der Waals surface area contributed by atoms with Crippen LogP contribution in [0.15, 0.2) is 23.6 Å². The molecule has 0 aliphatic carbocycles. The molecule has 0 saturated heterocycles. The van der Waals surface area contributed by atoms with Crippen LogP contribution in [0.4, 0.5) is 0 Å². The second kappa shape index (κ2) is 4.96. The summed E-state index contributed by atoms with van der Waals surface area (Å²) in [5.41, 5.74) is 2.07. The SMILES string of the molecule is OCCCc1csc(-c2ccc3c(c2)OCO3)n1. The summed E-state index contributed by atoms with van der Waals surface area (Å²) < 4.78 is 10.6. The standard InChI is InChI=1S/C13H13NO3S/c15-5-1-2-10-7-18-13(14-10)9-3-4-11-12(6-9)17-8-16-11/h3-4,6-7,15H,1-2,5,8H2. The first-order valence-corrected chi connectivity index (χ1v) is 6.70. The minimum Gasteiger partial charge on any atom is -0.454 e. The normalized spacial score (nSPS) is 12.9. The van der Waals surface area contributed by atoms with Crippen LogP contribution in [0.2, 0.25) is 0 Å². The Morgan fingerprint density at radius 1 is 1.28 bits per heavy atom. The van der Waals surface area contributed by atoms with Gasteiger partial charge in [0.15, 0.2) is 11.5 Å². The van der Waals surface area contributed by atoms with Crippen LogP contribution in [-0.2, 0) is 6.42 Å². The zero-order valence-corrected chi connectivity index (χ0v) is 10.6. The van der Waals surface area contributed by atoms with Gasteiger partial charge in [0.05, 0.1) is 5.69 Å². The van der Waals surface area contributed by atoms with E-state index in [0.29, 0.717) is 6.79 Å². The van der Waals surface area contributed by atoms with Crippen molar-refractivity contribution in [2.24, 2.45) is 0 Å². The number of rotatable bonds is 4. The third kappa shape index (κ3) is 2.19. The van der Waals surface area contributed by atoms with Crippen LogP contribution >= 0.6 is 11.3 Å². The molecule has 1 N–H and O–H groups in total. The van der Waals surface area contributed by atoms with E-state index < -0.39 is 0 Å². The second-order valence-corrected chi connectivity index (χ2v) is 4.90. The summed E-state index contributed by atoms with van der Waals surface area (Å²) in [6.45, 7) is 0.495. The number of hydrogen-bond donors (Lipinski definition) is 1. The molecular formula is C13H13NO3S. The van der Waals surface area contributed by atoms with E-state index in [1.165, 1.54) is 0 Å². The maximum atomic E-state index is 8.80. The van der Waals surface area contributed by atoms with Gasteiger partial charge in [-0.25, -0.2) is 4.98 Å².